The molecule has 0 saturated carbocycles. The monoisotopic (exact) mass is 574 g/mol. The largest absolute Gasteiger partial charge is 0.461 e. The van der Waals surface area contributed by atoms with E-state index >= 15 is 0 Å². The van der Waals surface area contributed by atoms with Crippen molar-refractivity contribution < 1.29 is 86.7 Å². The SMILES string of the molecule is O=S(=O)(Oc1ccccc1OS(=O)(=O)C(F)(F)C(F)(F)C(F)(F)F)C(F)(F)C(F)(F)C(F)(F)F. The van der Waals surface area contributed by atoms with Crippen molar-refractivity contribution in [1.29, 1.82) is 0 Å². The normalized spacial score (nSPS) is 15.2. The van der Waals surface area contributed by atoms with Crippen LogP contribution in [0.1, 0.15) is 0 Å². The first kappa shape index (κ1) is 29.8. The van der Waals surface area contributed by atoms with E-state index in [9.17, 15) is 78.3 Å². The Balaban J connectivity index is 3.51. The minimum atomic E-state index is -7.51. The minimum absolute atomic E-state index is 0.107. The number of halogens is 14. The van der Waals surface area contributed by atoms with Crippen molar-refractivity contribution in [3.05, 3.63) is 24.3 Å². The van der Waals surface area contributed by atoms with E-state index in [1.54, 1.807) is 0 Å². The maximum Gasteiger partial charge on any atom is 0.461 e. The second-order valence-electron chi connectivity index (χ2n) is 5.70. The summed E-state index contributed by atoms with van der Waals surface area (Å²) in [7, 11) is -15.0. The van der Waals surface area contributed by atoms with Gasteiger partial charge in [-0.1, -0.05) is 12.1 Å². The topological polar surface area (TPSA) is 86.7 Å². The van der Waals surface area contributed by atoms with E-state index in [1.165, 1.54) is 0 Å². The standard InChI is InChI=1S/C12H4F14O6S2/c13-7(14,9(17,18)19)11(23,24)33(27,28)31-5-3-1-2-4-6(5)32-34(29,30)12(25,26)8(15,16)10(20,21)22/h1-4H. The molecule has 0 aliphatic rings. The van der Waals surface area contributed by atoms with Gasteiger partial charge in [-0.25, -0.2) is 0 Å². The fourth-order valence-electron chi connectivity index (χ4n) is 1.57. The lowest BCUT2D eigenvalue weighted by Crippen LogP contribution is -2.57. The van der Waals surface area contributed by atoms with Gasteiger partial charge < -0.3 is 8.37 Å². The van der Waals surface area contributed by atoms with Gasteiger partial charge in [0.25, 0.3) is 0 Å². The molecule has 0 bridgehead atoms. The molecule has 0 radical (unpaired) electrons. The van der Waals surface area contributed by atoms with Gasteiger partial charge in [0.2, 0.25) is 0 Å². The van der Waals surface area contributed by atoms with Gasteiger partial charge in [0.15, 0.2) is 11.5 Å². The zero-order valence-corrected chi connectivity index (χ0v) is 16.5. The van der Waals surface area contributed by atoms with Crippen LogP contribution in [0.4, 0.5) is 61.5 Å². The lowest BCUT2D eigenvalue weighted by atomic mass is 10.3. The fraction of sp³-hybridized carbons (Fsp3) is 0.500. The third-order valence-electron chi connectivity index (χ3n) is 3.32. The van der Waals surface area contributed by atoms with E-state index in [-0.39, 0.29) is 12.1 Å². The summed E-state index contributed by atoms with van der Waals surface area (Å²) >= 11 is 0. The summed E-state index contributed by atoms with van der Waals surface area (Å²) < 4.78 is 230. The molecule has 22 heteroatoms. The first-order valence-corrected chi connectivity index (χ1v) is 10.1. The van der Waals surface area contributed by atoms with Crippen molar-refractivity contribution in [1.82, 2.24) is 0 Å². The number of hydrogen-bond acceptors (Lipinski definition) is 6. The molecule has 0 aliphatic carbocycles. The summed E-state index contributed by atoms with van der Waals surface area (Å²) in [6.45, 7) is 0. The van der Waals surface area contributed by atoms with Gasteiger partial charge in [0.1, 0.15) is 0 Å². The summed E-state index contributed by atoms with van der Waals surface area (Å²) in [5.41, 5.74) is 0. The van der Waals surface area contributed by atoms with Crippen LogP contribution >= 0.6 is 0 Å². The average Bonchev–Trinajstić information content (AvgIpc) is 2.60. The van der Waals surface area contributed by atoms with E-state index in [0.29, 0.717) is 12.1 Å². The van der Waals surface area contributed by atoms with Crippen molar-refractivity contribution in [2.24, 2.45) is 0 Å². The van der Waals surface area contributed by atoms with Crippen LogP contribution in [-0.2, 0) is 20.2 Å². The highest BCUT2D eigenvalue weighted by atomic mass is 32.2. The number of alkyl halides is 14. The van der Waals surface area contributed by atoms with Crippen LogP contribution in [0, 0.1) is 0 Å². The number of para-hydroxylation sites is 2. The molecule has 1 aromatic carbocycles. The predicted octanol–water partition coefficient (Wildman–Crippen LogP) is 4.68. The molecule has 198 valence electrons. The number of rotatable bonds is 8. The van der Waals surface area contributed by atoms with Crippen molar-refractivity contribution >= 4 is 20.2 Å². The summed E-state index contributed by atoms with van der Waals surface area (Å²) in [4.78, 5) is 0. The van der Waals surface area contributed by atoms with Crippen molar-refractivity contribution in [2.75, 3.05) is 0 Å². The van der Waals surface area contributed by atoms with Crippen molar-refractivity contribution in [3.63, 3.8) is 0 Å². The quantitative estimate of drug-likeness (QED) is 0.331. The third-order valence-corrected chi connectivity index (χ3v) is 5.89. The molecule has 0 heterocycles. The van der Waals surface area contributed by atoms with Gasteiger partial charge in [0, 0.05) is 0 Å². The van der Waals surface area contributed by atoms with Crippen LogP contribution in [-0.4, -0.2) is 51.5 Å². The molecule has 0 aromatic heterocycles. The maximum atomic E-state index is 13.4. The zero-order chi connectivity index (χ0) is 27.4. The molecule has 34 heavy (non-hydrogen) atoms. The first-order chi connectivity index (χ1) is 14.7. The summed E-state index contributed by atoms with van der Waals surface area (Å²) in [6.07, 6.45) is -14.4. The fourth-order valence-corrected chi connectivity index (χ4v) is 3.39. The Hall–Kier alpha value is -2.26. The van der Waals surface area contributed by atoms with E-state index in [1.807, 2.05) is 0 Å². The lowest BCUT2D eigenvalue weighted by molar-refractivity contribution is -0.333. The van der Waals surface area contributed by atoms with E-state index in [4.69, 9.17) is 0 Å². The van der Waals surface area contributed by atoms with Gasteiger partial charge in [-0.3, -0.25) is 0 Å². The highest BCUT2D eigenvalue weighted by Gasteiger charge is 2.81. The predicted molar refractivity (Wildman–Crippen MR) is 77.4 cm³/mol. The van der Waals surface area contributed by atoms with Crippen molar-refractivity contribution in [3.8, 4) is 11.5 Å². The van der Waals surface area contributed by atoms with Crippen molar-refractivity contribution in [2.45, 2.75) is 34.7 Å². The molecule has 0 fully saturated rings. The molecule has 1 aromatic rings. The summed E-state index contributed by atoms with van der Waals surface area (Å²) in [5.74, 6) is -19.1. The molecule has 0 saturated heterocycles. The molecule has 0 N–H and O–H groups in total. The Kier molecular flexibility index (Phi) is 7.14. The zero-order valence-electron chi connectivity index (χ0n) is 14.9. The van der Waals surface area contributed by atoms with E-state index in [2.05, 4.69) is 8.37 Å². The molecule has 0 aliphatic heterocycles. The van der Waals surface area contributed by atoms with Gasteiger partial charge in [-0.05, 0) is 12.1 Å². The Bertz CT molecular complexity index is 1030. The highest BCUT2D eigenvalue weighted by molar-refractivity contribution is 7.88. The second kappa shape index (κ2) is 8.16. The van der Waals surface area contributed by atoms with Gasteiger partial charge >= 0.3 is 54.9 Å². The van der Waals surface area contributed by atoms with Crippen LogP contribution in [0.5, 0.6) is 11.5 Å². The molecule has 1 rings (SSSR count). The van der Waals surface area contributed by atoms with Crippen LogP contribution in [0.25, 0.3) is 0 Å². The molecule has 0 unspecified atom stereocenters. The van der Waals surface area contributed by atoms with Gasteiger partial charge in [0.05, 0.1) is 0 Å². The maximum absolute atomic E-state index is 13.4. The minimum Gasteiger partial charge on any atom is -0.374 e. The Morgan fingerprint density at radius 3 is 0.941 bits per heavy atom. The molecular weight excluding hydrogens is 570 g/mol. The van der Waals surface area contributed by atoms with Crippen LogP contribution < -0.4 is 8.37 Å². The Morgan fingerprint density at radius 2 is 0.735 bits per heavy atom. The van der Waals surface area contributed by atoms with Gasteiger partial charge in [-0.15, -0.1) is 0 Å². The van der Waals surface area contributed by atoms with Crippen LogP contribution in [0.15, 0.2) is 24.3 Å². The first-order valence-electron chi connectivity index (χ1n) is 7.29. The molecule has 0 atom stereocenters. The molecule has 0 spiro atoms. The number of hydrogen-bond donors (Lipinski definition) is 0. The highest BCUT2D eigenvalue weighted by Crippen LogP contribution is 2.51. The van der Waals surface area contributed by atoms with Gasteiger partial charge in [-0.2, -0.15) is 78.3 Å². The van der Waals surface area contributed by atoms with E-state index in [0.717, 1.165) is 0 Å². The van der Waals surface area contributed by atoms with Crippen LogP contribution in [0.3, 0.4) is 0 Å². The van der Waals surface area contributed by atoms with E-state index < -0.39 is 66.4 Å². The summed E-state index contributed by atoms with van der Waals surface area (Å²) in [6, 6.07) is 0.605. The summed E-state index contributed by atoms with van der Waals surface area (Å²) in [5, 5.41) is -14.3. The third kappa shape index (κ3) is 4.64. The lowest BCUT2D eigenvalue weighted by Gasteiger charge is -2.28. The number of benzene rings is 1. The Morgan fingerprint density at radius 1 is 0.500 bits per heavy atom. The molecular formula is C12H4F14O6S2. The second-order valence-corrected chi connectivity index (χ2v) is 8.87. The smallest absolute Gasteiger partial charge is 0.374 e. The average molecular weight is 574 g/mol. The Labute approximate surface area is 178 Å². The molecule has 0 amide bonds. The molecule has 6 nitrogen and oxygen atoms in total. The van der Waals surface area contributed by atoms with Crippen LogP contribution in [0.2, 0.25) is 0 Å².